The highest BCUT2D eigenvalue weighted by Gasteiger charge is 2.26. The van der Waals surface area contributed by atoms with E-state index in [1.807, 2.05) is 30.5 Å². The smallest absolute Gasteiger partial charge is 0.133 e. The van der Waals surface area contributed by atoms with Crippen LogP contribution >= 0.6 is 0 Å². The van der Waals surface area contributed by atoms with Crippen molar-refractivity contribution in [2.75, 3.05) is 62.3 Å². The first-order valence-corrected chi connectivity index (χ1v) is 12.6. The van der Waals surface area contributed by atoms with Crippen molar-refractivity contribution >= 4 is 22.4 Å². The predicted molar refractivity (Wildman–Crippen MR) is 136 cm³/mol. The molecule has 3 aliphatic heterocycles. The summed E-state index contributed by atoms with van der Waals surface area (Å²) in [5.74, 6) is 0.627. The minimum absolute atomic E-state index is 0.0661. The van der Waals surface area contributed by atoms with Crippen LogP contribution in [0.3, 0.4) is 0 Å². The minimum Gasteiger partial charge on any atom is -0.377 e. The Balaban J connectivity index is 1.49. The molecule has 35 heavy (non-hydrogen) atoms. The predicted octanol–water partition coefficient (Wildman–Crippen LogP) is 2.61. The summed E-state index contributed by atoms with van der Waals surface area (Å²) in [4.78, 5) is 14.3. The molecule has 0 bridgehead atoms. The monoisotopic (exact) mass is 477 g/mol. The minimum atomic E-state index is -0.214. The van der Waals surface area contributed by atoms with E-state index >= 15 is 4.39 Å². The van der Waals surface area contributed by atoms with Gasteiger partial charge in [0.05, 0.1) is 36.5 Å². The standard InChI is InChI=1S/C26H32FN7O/c1-17-16-35-13-12-34(17)24-15-21(19-3-2-18(14-22(19)27)33-10-8-28-9-11-33)20-4-6-29-26(25(20)31-24)23-5-7-30-32-23/h2-4,6,14-15,17,23,28,30,32H,5,7-13,16H2,1H3/t17-,23?/m1/s1. The zero-order valence-electron chi connectivity index (χ0n) is 20.1. The summed E-state index contributed by atoms with van der Waals surface area (Å²) >= 11 is 0. The zero-order chi connectivity index (χ0) is 23.8. The molecule has 0 spiro atoms. The maximum Gasteiger partial charge on any atom is 0.133 e. The van der Waals surface area contributed by atoms with Gasteiger partial charge in [-0.05, 0) is 49.2 Å². The van der Waals surface area contributed by atoms with Crippen LogP contribution in [0.5, 0.6) is 0 Å². The van der Waals surface area contributed by atoms with Crippen molar-refractivity contribution < 1.29 is 9.13 Å². The molecule has 3 aliphatic rings. The van der Waals surface area contributed by atoms with E-state index in [-0.39, 0.29) is 17.9 Å². The van der Waals surface area contributed by atoms with Crippen molar-refractivity contribution in [3.05, 3.63) is 48.0 Å². The molecule has 3 aromatic rings. The Morgan fingerprint density at radius 3 is 2.71 bits per heavy atom. The second kappa shape index (κ2) is 9.66. The van der Waals surface area contributed by atoms with Crippen LogP contribution in [0, 0.1) is 5.82 Å². The molecule has 0 radical (unpaired) electrons. The van der Waals surface area contributed by atoms with Gasteiger partial charge in [-0.25, -0.2) is 14.8 Å². The molecule has 9 heteroatoms. The third-order valence-electron chi connectivity index (χ3n) is 7.29. The number of piperazine rings is 1. The van der Waals surface area contributed by atoms with E-state index in [0.717, 1.165) is 79.4 Å². The van der Waals surface area contributed by atoms with Gasteiger partial charge in [0, 0.05) is 62.1 Å². The Morgan fingerprint density at radius 2 is 1.94 bits per heavy atom. The van der Waals surface area contributed by atoms with Gasteiger partial charge in [0.25, 0.3) is 0 Å². The number of nitrogens with one attached hydrogen (secondary N) is 3. The van der Waals surface area contributed by atoms with Gasteiger partial charge in [-0.15, -0.1) is 0 Å². The lowest BCUT2D eigenvalue weighted by atomic mass is 9.98. The Morgan fingerprint density at radius 1 is 1.06 bits per heavy atom. The van der Waals surface area contributed by atoms with Crippen LogP contribution in [0.25, 0.3) is 22.0 Å². The highest BCUT2D eigenvalue weighted by atomic mass is 19.1. The quantitative estimate of drug-likeness (QED) is 0.530. The van der Waals surface area contributed by atoms with Crippen LogP contribution in [-0.2, 0) is 4.74 Å². The maximum atomic E-state index is 15.7. The van der Waals surface area contributed by atoms with Gasteiger partial charge in [-0.1, -0.05) is 0 Å². The normalized spacial score (nSPS) is 23.3. The second-order valence-corrected chi connectivity index (χ2v) is 9.55. The van der Waals surface area contributed by atoms with E-state index in [1.54, 1.807) is 6.07 Å². The number of pyridine rings is 2. The van der Waals surface area contributed by atoms with Crippen LogP contribution in [0.4, 0.5) is 15.9 Å². The fraction of sp³-hybridized carbons (Fsp3) is 0.462. The van der Waals surface area contributed by atoms with Crippen molar-refractivity contribution in [3.63, 3.8) is 0 Å². The number of anilines is 2. The van der Waals surface area contributed by atoms with Crippen molar-refractivity contribution in [3.8, 4) is 11.1 Å². The lowest BCUT2D eigenvalue weighted by molar-refractivity contribution is 0.0986. The van der Waals surface area contributed by atoms with Crippen LogP contribution in [0.1, 0.15) is 25.1 Å². The van der Waals surface area contributed by atoms with Crippen LogP contribution in [-0.4, -0.2) is 68.5 Å². The van der Waals surface area contributed by atoms with Crippen molar-refractivity contribution in [2.24, 2.45) is 0 Å². The van der Waals surface area contributed by atoms with Gasteiger partial charge in [-0.2, -0.15) is 0 Å². The Hall–Kier alpha value is -2.85. The Bertz CT molecular complexity index is 1210. The molecular formula is C26H32FN7O. The van der Waals surface area contributed by atoms with E-state index < -0.39 is 0 Å². The molecule has 0 amide bonds. The number of aromatic nitrogens is 2. The number of nitrogens with zero attached hydrogens (tertiary/aromatic N) is 4. The number of hydrogen-bond acceptors (Lipinski definition) is 8. The van der Waals surface area contributed by atoms with E-state index in [9.17, 15) is 0 Å². The van der Waals surface area contributed by atoms with Gasteiger partial charge in [0.15, 0.2) is 0 Å². The molecule has 3 fully saturated rings. The molecule has 0 saturated carbocycles. The summed E-state index contributed by atoms with van der Waals surface area (Å²) in [6, 6.07) is 9.89. The van der Waals surface area contributed by atoms with Crippen molar-refractivity contribution in [1.29, 1.82) is 0 Å². The van der Waals surface area contributed by atoms with E-state index in [0.29, 0.717) is 18.8 Å². The average molecular weight is 478 g/mol. The van der Waals surface area contributed by atoms with Gasteiger partial charge in [-0.3, -0.25) is 10.4 Å². The van der Waals surface area contributed by atoms with Gasteiger partial charge >= 0.3 is 0 Å². The lowest BCUT2D eigenvalue weighted by Crippen LogP contribution is -2.44. The molecule has 6 rings (SSSR count). The summed E-state index contributed by atoms with van der Waals surface area (Å²) < 4.78 is 21.4. The summed E-state index contributed by atoms with van der Waals surface area (Å²) in [7, 11) is 0. The Labute approximate surface area is 204 Å². The second-order valence-electron chi connectivity index (χ2n) is 9.55. The number of rotatable bonds is 4. The number of ether oxygens (including phenoxy) is 1. The molecule has 8 nitrogen and oxygen atoms in total. The SMILES string of the molecule is C[C@@H]1COCCN1c1cc(-c2ccc(N3CCNCC3)cc2F)c2ccnc(C3CCNN3)c2n1. The molecule has 1 aromatic carbocycles. The summed E-state index contributed by atoms with van der Waals surface area (Å²) in [5, 5.41) is 4.27. The van der Waals surface area contributed by atoms with Crippen LogP contribution < -0.4 is 26.0 Å². The lowest BCUT2D eigenvalue weighted by Gasteiger charge is -2.35. The number of hydrazine groups is 1. The largest absolute Gasteiger partial charge is 0.377 e. The molecule has 3 saturated heterocycles. The molecule has 184 valence electrons. The third kappa shape index (κ3) is 4.33. The summed E-state index contributed by atoms with van der Waals surface area (Å²) in [6.07, 6.45) is 2.74. The van der Waals surface area contributed by atoms with Crippen molar-refractivity contribution in [2.45, 2.75) is 25.4 Å². The number of hydrogen-bond donors (Lipinski definition) is 3. The third-order valence-corrected chi connectivity index (χ3v) is 7.29. The first-order chi connectivity index (χ1) is 17.2. The molecule has 5 heterocycles. The Kier molecular flexibility index (Phi) is 6.24. The van der Waals surface area contributed by atoms with Gasteiger partial charge in [0.1, 0.15) is 11.6 Å². The van der Waals surface area contributed by atoms with E-state index in [4.69, 9.17) is 14.7 Å². The number of halogens is 1. The topological polar surface area (TPSA) is 77.6 Å². The number of morpholine rings is 1. The molecule has 0 aliphatic carbocycles. The van der Waals surface area contributed by atoms with Crippen LogP contribution in [0.15, 0.2) is 36.5 Å². The molecule has 2 atom stereocenters. The first kappa shape index (κ1) is 22.6. The van der Waals surface area contributed by atoms with Gasteiger partial charge < -0.3 is 19.9 Å². The fourth-order valence-corrected chi connectivity index (χ4v) is 5.38. The fourth-order valence-electron chi connectivity index (χ4n) is 5.38. The number of fused-ring (bicyclic) bond motifs is 1. The molecule has 3 N–H and O–H groups in total. The maximum absolute atomic E-state index is 15.7. The number of benzene rings is 1. The summed E-state index contributed by atoms with van der Waals surface area (Å²) in [6.45, 7) is 8.66. The highest BCUT2D eigenvalue weighted by molar-refractivity contribution is 5.97. The first-order valence-electron chi connectivity index (χ1n) is 12.6. The molecule has 2 aromatic heterocycles. The average Bonchev–Trinajstić information content (AvgIpc) is 3.43. The van der Waals surface area contributed by atoms with Crippen LogP contribution in [0.2, 0.25) is 0 Å². The highest BCUT2D eigenvalue weighted by Crippen LogP contribution is 2.37. The van der Waals surface area contributed by atoms with E-state index in [1.165, 1.54) is 0 Å². The molecule has 1 unspecified atom stereocenters. The van der Waals surface area contributed by atoms with E-state index in [2.05, 4.69) is 32.9 Å². The van der Waals surface area contributed by atoms with Crippen molar-refractivity contribution in [1.82, 2.24) is 26.1 Å². The van der Waals surface area contributed by atoms with Gasteiger partial charge in [0.2, 0.25) is 0 Å². The molecular weight excluding hydrogens is 445 g/mol. The zero-order valence-corrected chi connectivity index (χ0v) is 20.1. The summed E-state index contributed by atoms with van der Waals surface area (Å²) in [5.41, 5.74) is 10.6.